The van der Waals surface area contributed by atoms with Crippen molar-refractivity contribution in [2.45, 2.75) is 13.1 Å². The average molecular weight is 463 g/mol. The van der Waals surface area contributed by atoms with Crippen molar-refractivity contribution in [2.75, 3.05) is 36.1 Å². The molecule has 0 saturated heterocycles. The predicted octanol–water partition coefficient (Wildman–Crippen LogP) is 3.13. The summed E-state index contributed by atoms with van der Waals surface area (Å²) in [6.45, 7) is 0.906. The van der Waals surface area contributed by atoms with Crippen LogP contribution in [-0.2, 0) is 13.1 Å². The van der Waals surface area contributed by atoms with Crippen molar-refractivity contribution in [1.82, 2.24) is 10.3 Å². The van der Waals surface area contributed by atoms with E-state index in [9.17, 15) is 20.3 Å². The van der Waals surface area contributed by atoms with Gasteiger partial charge in [0.05, 0.1) is 23.8 Å². The van der Waals surface area contributed by atoms with E-state index in [4.69, 9.17) is 4.63 Å². The van der Waals surface area contributed by atoms with Crippen molar-refractivity contribution >= 4 is 28.1 Å². The molecule has 10 nitrogen and oxygen atoms in total. The molecule has 0 aliphatic rings. The van der Waals surface area contributed by atoms with Crippen LogP contribution in [0.25, 0.3) is 11.0 Å². The second-order valence-corrected chi connectivity index (χ2v) is 7.74. The molecule has 0 unspecified atom stereocenters. The van der Waals surface area contributed by atoms with Gasteiger partial charge in [0, 0.05) is 26.2 Å². The third-order valence-corrected chi connectivity index (χ3v) is 5.51. The summed E-state index contributed by atoms with van der Waals surface area (Å²) in [4.78, 5) is 15.3. The Labute approximate surface area is 195 Å². The second kappa shape index (κ2) is 10.7. The molecule has 4 aromatic rings. The molecular formula is C24H25N5O5. The number of hydrogen-bond acceptors (Lipinski definition) is 9. The van der Waals surface area contributed by atoms with Crippen LogP contribution in [0.3, 0.4) is 0 Å². The fraction of sp³-hybridized carbons (Fsp3) is 0.250. The van der Waals surface area contributed by atoms with E-state index >= 15 is 0 Å². The molecule has 0 spiro atoms. The zero-order valence-corrected chi connectivity index (χ0v) is 18.4. The predicted molar refractivity (Wildman–Crippen MR) is 128 cm³/mol. The molecule has 0 amide bonds. The van der Waals surface area contributed by atoms with Gasteiger partial charge in [0.25, 0.3) is 0 Å². The topological polar surface area (TPSA) is 129 Å². The molecule has 1 aromatic heterocycles. The lowest BCUT2D eigenvalue weighted by Gasteiger charge is -2.28. The highest BCUT2D eigenvalue weighted by molar-refractivity contribution is 6.00. The zero-order valence-electron chi connectivity index (χ0n) is 18.4. The molecule has 2 N–H and O–H groups in total. The Morgan fingerprint density at radius 1 is 0.794 bits per heavy atom. The molecule has 0 aliphatic carbocycles. The first-order valence-corrected chi connectivity index (χ1v) is 10.9. The Balaban J connectivity index is 1.86. The summed E-state index contributed by atoms with van der Waals surface area (Å²) in [5.74, 6) is 0. The molecule has 176 valence electrons. The van der Waals surface area contributed by atoms with Crippen molar-refractivity contribution in [1.29, 1.82) is 0 Å². The van der Waals surface area contributed by atoms with Crippen LogP contribution < -0.4 is 9.80 Å². The van der Waals surface area contributed by atoms with Gasteiger partial charge in [-0.1, -0.05) is 60.7 Å². The minimum atomic E-state index is -0.505. The van der Waals surface area contributed by atoms with Crippen LogP contribution in [0.2, 0.25) is 0 Å². The van der Waals surface area contributed by atoms with Crippen LogP contribution in [-0.4, -0.2) is 51.8 Å². The Hall–Kier alpha value is -4.02. The van der Waals surface area contributed by atoms with Crippen molar-refractivity contribution in [3.63, 3.8) is 0 Å². The molecule has 0 bridgehead atoms. The third kappa shape index (κ3) is 4.98. The number of nitrogens with zero attached hydrogens (tertiary/aromatic N) is 5. The number of fused-ring (bicyclic) bond motifs is 1. The van der Waals surface area contributed by atoms with Gasteiger partial charge in [0.2, 0.25) is 5.52 Å². The summed E-state index contributed by atoms with van der Waals surface area (Å²) in [5.41, 5.74) is 2.78. The number of rotatable bonds is 11. The number of aromatic nitrogens is 2. The Morgan fingerprint density at radius 3 is 1.79 bits per heavy atom. The fourth-order valence-electron chi connectivity index (χ4n) is 3.98. The van der Waals surface area contributed by atoms with Gasteiger partial charge in [-0.2, -0.15) is 0 Å². The van der Waals surface area contributed by atoms with Gasteiger partial charge >= 0.3 is 5.69 Å². The molecular weight excluding hydrogens is 438 g/mol. The number of benzene rings is 3. The maximum atomic E-state index is 12.1. The van der Waals surface area contributed by atoms with Crippen molar-refractivity contribution in [2.24, 2.45) is 0 Å². The average Bonchev–Trinajstić information content (AvgIpc) is 3.33. The van der Waals surface area contributed by atoms with Crippen LogP contribution in [0.5, 0.6) is 0 Å². The lowest BCUT2D eigenvalue weighted by Crippen LogP contribution is -2.29. The first kappa shape index (κ1) is 23.1. The smallest absolute Gasteiger partial charge is 0.323 e. The van der Waals surface area contributed by atoms with E-state index < -0.39 is 4.92 Å². The fourth-order valence-corrected chi connectivity index (χ4v) is 3.98. The number of nitro groups is 1. The van der Waals surface area contributed by atoms with Crippen molar-refractivity contribution in [3.05, 3.63) is 88.0 Å². The van der Waals surface area contributed by atoms with Crippen molar-refractivity contribution in [3.8, 4) is 0 Å². The number of anilines is 2. The highest BCUT2D eigenvalue weighted by Gasteiger charge is 2.30. The summed E-state index contributed by atoms with van der Waals surface area (Å²) >= 11 is 0. The molecule has 3 aromatic carbocycles. The number of nitro benzene ring substituents is 1. The highest BCUT2D eigenvalue weighted by atomic mass is 16.6. The van der Waals surface area contributed by atoms with Crippen LogP contribution >= 0.6 is 0 Å². The highest BCUT2D eigenvalue weighted by Crippen LogP contribution is 2.41. The lowest BCUT2D eigenvalue weighted by atomic mass is 10.1. The van der Waals surface area contributed by atoms with Gasteiger partial charge in [-0.3, -0.25) is 10.1 Å². The maximum absolute atomic E-state index is 12.1. The molecule has 1 heterocycles. The normalized spacial score (nSPS) is 11.0. The summed E-state index contributed by atoms with van der Waals surface area (Å²) in [5, 5.41) is 39.4. The van der Waals surface area contributed by atoms with E-state index in [-0.39, 0.29) is 48.7 Å². The zero-order chi connectivity index (χ0) is 23.9. The molecule has 10 heteroatoms. The van der Waals surface area contributed by atoms with Crippen LogP contribution in [0, 0.1) is 10.1 Å². The minimum Gasteiger partial charge on any atom is -0.395 e. The molecule has 0 fully saturated rings. The van der Waals surface area contributed by atoms with E-state index in [1.165, 1.54) is 0 Å². The van der Waals surface area contributed by atoms with E-state index in [0.29, 0.717) is 18.8 Å². The Kier molecular flexibility index (Phi) is 7.31. The molecule has 4 rings (SSSR count). The standard InChI is InChI=1S/C24H25N5O5/c30-13-11-27(16-18-7-3-1-4-8-18)20-15-21(24(29(32)33)23-22(20)25-34-26-23)28(12-14-31)17-19-9-5-2-6-10-19/h1-10,15,30-31H,11-14,16-17H2. The summed E-state index contributed by atoms with van der Waals surface area (Å²) in [6.07, 6.45) is 0. The van der Waals surface area contributed by atoms with E-state index in [0.717, 1.165) is 11.1 Å². The molecule has 0 aliphatic heterocycles. The quantitative estimate of drug-likeness (QED) is 0.254. The van der Waals surface area contributed by atoms with Gasteiger partial charge in [-0.25, -0.2) is 4.63 Å². The number of aliphatic hydroxyl groups is 2. The summed E-state index contributed by atoms with van der Waals surface area (Å²) in [6, 6.07) is 20.9. The van der Waals surface area contributed by atoms with E-state index in [2.05, 4.69) is 10.3 Å². The molecule has 0 radical (unpaired) electrons. The minimum absolute atomic E-state index is 0.0181. The molecule has 34 heavy (non-hydrogen) atoms. The largest absolute Gasteiger partial charge is 0.395 e. The first-order chi connectivity index (χ1) is 16.6. The third-order valence-electron chi connectivity index (χ3n) is 5.51. The second-order valence-electron chi connectivity index (χ2n) is 7.74. The number of hydrogen-bond donors (Lipinski definition) is 2. The summed E-state index contributed by atoms with van der Waals surface area (Å²) in [7, 11) is 0. The lowest BCUT2D eigenvalue weighted by molar-refractivity contribution is -0.382. The Bertz CT molecular complexity index is 1230. The molecule has 0 atom stereocenters. The van der Waals surface area contributed by atoms with E-state index in [1.54, 1.807) is 11.0 Å². The van der Waals surface area contributed by atoms with E-state index in [1.807, 2.05) is 65.6 Å². The van der Waals surface area contributed by atoms with Crippen LogP contribution in [0.1, 0.15) is 11.1 Å². The van der Waals surface area contributed by atoms with Gasteiger partial charge in [-0.15, -0.1) is 0 Å². The summed E-state index contributed by atoms with van der Waals surface area (Å²) < 4.78 is 4.93. The van der Waals surface area contributed by atoms with Crippen LogP contribution in [0.15, 0.2) is 71.4 Å². The maximum Gasteiger partial charge on any atom is 0.323 e. The monoisotopic (exact) mass is 463 g/mol. The van der Waals surface area contributed by atoms with Gasteiger partial charge in [-0.05, 0) is 27.5 Å². The number of aliphatic hydroxyl groups excluding tert-OH is 2. The van der Waals surface area contributed by atoms with Gasteiger partial charge < -0.3 is 20.0 Å². The van der Waals surface area contributed by atoms with Crippen molar-refractivity contribution < 1.29 is 19.8 Å². The van der Waals surface area contributed by atoms with Crippen LogP contribution in [0.4, 0.5) is 17.1 Å². The van der Waals surface area contributed by atoms with Gasteiger partial charge in [0.1, 0.15) is 5.69 Å². The molecule has 0 saturated carbocycles. The first-order valence-electron chi connectivity index (χ1n) is 10.9. The SMILES string of the molecule is O=[N+]([O-])c1c(N(CCO)Cc2ccccc2)cc(N(CCO)Cc2ccccc2)c2nonc12. The van der Waals surface area contributed by atoms with Gasteiger partial charge in [0.15, 0.2) is 5.52 Å². The Morgan fingerprint density at radius 2 is 1.29 bits per heavy atom.